The monoisotopic (exact) mass is 419 g/mol. The summed E-state index contributed by atoms with van der Waals surface area (Å²) in [6, 6.07) is 14.7. The van der Waals surface area contributed by atoms with Gasteiger partial charge < -0.3 is 15.5 Å². The van der Waals surface area contributed by atoms with Crippen molar-refractivity contribution in [1.29, 1.82) is 5.41 Å². The van der Waals surface area contributed by atoms with Crippen molar-refractivity contribution < 1.29 is 13.9 Å². The number of ether oxygens (including phenoxy) is 1. The lowest BCUT2D eigenvalue weighted by Crippen LogP contribution is -2.23. The normalized spacial score (nSPS) is 13.8. The summed E-state index contributed by atoms with van der Waals surface area (Å²) in [6.45, 7) is 0.602. The highest BCUT2D eigenvalue weighted by Crippen LogP contribution is 2.23. The Labute approximate surface area is 176 Å². The Morgan fingerprint density at radius 3 is 2.65 bits per heavy atom. The molecule has 1 saturated heterocycles. The fraction of sp³-hybridized carbons (Fsp3) is 0.0909. The van der Waals surface area contributed by atoms with Crippen LogP contribution >= 0.6 is 0 Å². The van der Waals surface area contributed by atoms with Crippen molar-refractivity contribution >= 4 is 29.4 Å². The van der Waals surface area contributed by atoms with E-state index in [4.69, 9.17) is 10.1 Å². The average Bonchev–Trinajstić information content (AvgIpc) is 3.20. The predicted molar refractivity (Wildman–Crippen MR) is 115 cm³/mol. The van der Waals surface area contributed by atoms with E-state index in [0.717, 1.165) is 6.21 Å². The molecule has 8 nitrogen and oxygen atoms in total. The van der Waals surface area contributed by atoms with Gasteiger partial charge in [-0.25, -0.2) is 13.9 Å². The maximum Gasteiger partial charge on any atom is 0.414 e. The molecule has 1 aromatic heterocycles. The number of nitrogens with zero attached hydrogens (tertiary/aromatic N) is 3. The van der Waals surface area contributed by atoms with E-state index < -0.39 is 11.9 Å². The number of para-hydroxylation sites is 1. The lowest BCUT2D eigenvalue weighted by molar-refractivity contribution is 0.181. The predicted octanol–water partition coefficient (Wildman–Crippen LogP) is 3.43. The number of benzene rings is 2. The number of nitrogens with one attached hydrogen (secondary N) is 2. The molecule has 9 heteroatoms. The van der Waals surface area contributed by atoms with Gasteiger partial charge in [-0.1, -0.05) is 18.2 Å². The molecule has 0 atom stereocenters. The SMILES string of the molecule is N=C/C=C(\Nc1ccccc1)c1nn(-c2ccc(N3CCOC3=O)cc2F)ccc1=O. The van der Waals surface area contributed by atoms with E-state index in [1.54, 1.807) is 18.2 Å². The van der Waals surface area contributed by atoms with Gasteiger partial charge in [0.05, 0.1) is 17.9 Å². The molecule has 2 aromatic carbocycles. The highest BCUT2D eigenvalue weighted by atomic mass is 19.1. The highest BCUT2D eigenvalue weighted by Gasteiger charge is 2.24. The van der Waals surface area contributed by atoms with Gasteiger partial charge in [-0.2, -0.15) is 5.10 Å². The van der Waals surface area contributed by atoms with Crippen LogP contribution in [0.15, 0.2) is 71.7 Å². The third-order valence-electron chi connectivity index (χ3n) is 4.62. The van der Waals surface area contributed by atoms with Crippen molar-refractivity contribution in [2.45, 2.75) is 0 Å². The van der Waals surface area contributed by atoms with E-state index in [2.05, 4.69) is 10.4 Å². The number of allylic oxidation sites excluding steroid dienone is 1. The molecule has 0 spiro atoms. The van der Waals surface area contributed by atoms with Crippen molar-refractivity contribution in [2.24, 2.45) is 0 Å². The van der Waals surface area contributed by atoms with Crippen molar-refractivity contribution in [3.63, 3.8) is 0 Å². The molecule has 4 rings (SSSR count). The zero-order chi connectivity index (χ0) is 21.8. The number of halogens is 1. The Hall–Kier alpha value is -4.27. The number of rotatable bonds is 6. The molecule has 0 saturated carbocycles. The van der Waals surface area contributed by atoms with Crippen LogP contribution in [0.5, 0.6) is 0 Å². The van der Waals surface area contributed by atoms with E-state index in [1.807, 2.05) is 18.2 Å². The summed E-state index contributed by atoms with van der Waals surface area (Å²) >= 11 is 0. The minimum atomic E-state index is -0.618. The summed E-state index contributed by atoms with van der Waals surface area (Å²) in [5.41, 5.74) is 1.13. The standard InChI is InChI=1S/C22H18FN5O3/c23-17-14-16(27-12-13-31-22(27)30)6-7-19(17)28-11-9-20(29)21(26-28)18(8-10-24)25-15-4-2-1-3-5-15/h1-11,14,24-25H,12-13H2/b18-8-,24-10?. The zero-order valence-electron chi connectivity index (χ0n) is 16.3. The summed E-state index contributed by atoms with van der Waals surface area (Å²) in [4.78, 5) is 25.5. The Morgan fingerprint density at radius 1 is 1.16 bits per heavy atom. The van der Waals surface area contributed by atoms with Crippen LogP contribution in [0.1, 0.15) is 5.69 Å². The van der Waals surface area contributed by atoms with Gasteiger partial charge >= 0.3 is 6.09 Å². The number of carbonyl (C=O) groups excluding carboxylic acids is 1. The third-order valence-corrected chi connectivity index (χ3v) is 4.62. The maximum absolute atomic E-state index is 14.9. The second-order valence-electron chi connectivity index (χ2n) is 6.61. The Kier molecular flexibility index (Phi) is 5.57. The lowest BCUT2D eigenvalue weighted by atomic mass is 10.2. The first-order chi connectivity index (χ1) is 15.1. The molecule has 3 aromatic rings. The fourth-order valence-corrected chi connectivity index (χ4v) is 3.15. The number of carbonyl (C=O) groups is 1. The number of amides is 1. The number of cyclic esters (lactones) is 1. The van der Waals surface area contributed by atoms with E-state index in [0.29, 0.717) is 23.6 Å². The Morgan fingerprint density at radius 2 is 1.97 bits per heavy atom. The van der Waals surface area contributed by atoms with Crippen molar-refractivity contribution in [3.05, 3.63) is 88.6 Å². The van der Waals surface area contributed by atoms with Crippen LogP contribution in [0, 0.1) is 11.2 Å². The highest BCUT2D eigenvalue weighted by molar-refractivity contribution is 5.89. The van der Waals surface area contributed by atoms with Crippen molar-refractivity contribution in [1.82, 2.24) is 9.78 Å². The van der Waals surface area contributed by atoms with E-state index >= 15 is 0 Å². The molecule has 0 aliphatic carbocycles. The van der Waals surface area contributed by atoms with Gasteiger partial charge in [0.25, 0.3) is 0 Å². The van der Waals surface area contributed by atoms with Crippen LogP contribution < -0.4 is 15.6 Å². The molecular formula is C22H18FN5O3. The molecule has 0 bridgehead atoms. The molecule has 1 amide bonds. The van der Waals surface area contributed by atoms with Gasteiger partial charge in [-0.05, 0) is 36.4 Å². The van der Waals surface area contributed by atoms with Crippen LogP contribution in [-0.4, -0.2) is 35.2 Å². The van der Waals surface area contributed by atoms with Gasteiger partial charge in [0.1, 0.15) is 12.3 Å². The molecule has 0 radical (unpaired) electrons. The van der Waals surface area contributed by atoms with Crippen LogP contribution in [0.25, 0.3) is 11.4 Å². The number of hydrogen-bond acceptors (Lipinski definition) is 6. The van der Waals surface area contributed by atoms with Gasteiger partial charge in [0, 0.05) is 24.2 Å². The summed E-state index contributed by atoms with van der Waals surface area (Å²) in [6.07, 6.45) is 3.27. The quantitative estimate of drug-likeness (QED) is 0.597. The van der Waals surface area contributed by atoms with Gasteiger partial charge in [-0.3, -0.25) is 9.69 Å². The molecule has 1 aliphatic heterocycles. The molecule has 1 fully saturated rings. The largest absolute Gasteiger partial charge is 0.447 e. The molecule has 156 valence electrons. The third kappa shape index (κ3) is 4.20. The number of anilines is 2. The van der Waals surface area contributed by atoms with E-state index in [1.165, 1.54) is 40.1 Å². The summed E-state index contributed by atoms with van der Waals surface area (Å²) < 4.78 is 21.0. The second-order valence-corrected chi connectivity index (χ2v) is 6.61. The second kappa shape index (κ2) is 8.62. The zero-order valence-corrected chi connectivity index (χ0v) is 16.3. The number of aromatic nitrogens is 2. The smallest absolute Gasteiger partial charge is 0.414 e. The first-order valence-corrected chi connectivity index (χ1v) is 9.44. The molecule has 2 heterocycles. The maximum atomic E-state index is 14.9. The molecular weight excluding hydrogens is 401 g/mol. The van der Waals surface area contributed by atoms with E-state index in [9.17, 15) is 14.0 Å². The Bertz CT molecular complexity index is 1220. The van der Waals surface area contributed by atoms with Gasteiger partial charge in [0.15, 0.2) is 11.5 Å². The summed E-state index contributed by atoms with van der Waals surface area (Å²) in [5, 5.41) is 14.8. The molecule has 0 unspecified atom stereocenters. The van der Waals surface area contributed by atoms with Crippen molar-refractivity contribution in [3.8, 4) is 5.69 Å². The lowest BCUT2D eigenvalue weighted by Gasteiger charge is -2.15. The topological polar surface area (TPSA) is 100 Å². The van der Waals surface area contributed by atoms with Crippen LogP contribution in [0.3, 0.4) is 0 Å². The molecule has 1 aliphatic rings. The minimum absolute atomic E-state index is 0.0291. The van der Waals surface area contributed by atoms with Gasteiger partial charge in [-0.15, -0.1) is 0 Å². The van der Waals surface area contributed by atoms with Gasteiger partial charge in [0.2, 0.25) is 5.43 Å². The first-order valence-electron chi connectivity index (χ1n) is 9.44. The Balaban J connectivity index is 1.70. The van der Waals surface area contributed by atoms with Crippen LogP contribution in [0.2, 0.25) is 0 Å². The van der Waals surface area contributed by atoms with Crippen LogP contribution in [0.4, 0.5) is 20.6 Å². The molecule has 31 heavy (non-hydrogen) atoms. The fourth-order valence-electron chi connectivity index (χ4n) is 3.15. The van der Waals surface area contributed by atoms with Crippen molar-refractivity contribution in [2.75, 3.05) is 23.4 Å². The average molecular weight is 419 g/mol. The number of hydrogen-bond donors (Lipinski definition) is 2. The molecule has 2 N–H and O–H groups in total. The summed E-state index contributed by atoms with van der Waals surface area (Å²) in [5.74, 6) is -0.618. The van der Waals surface area contributed by atoms with E-state index in [-0.39, 0.29) is 23.4 Å². The first kappa shape index (κ1) is 20.0. The van der Waals surface area contributed by atoms with Crippen LogP contribution in [-0.2, 0) is 4.74 Å². The summed E-state index contributed by atoms with van der Waals surface area (Å²) in [7, 11) is 0. The minimum Gasteiger partial charge on any atom is -0.447 e.